The van der Waals surface area contributed by atoms with Gasteiger partial charge >= 0.3 is 0 Å². The molecule has 0 amide bonds. The Labute approximate surface area is 81.3 Å². The van der Waals surface area contributed by atoms with Crippen molar-refractivity contribution >= 4 is 0 Å². The Bertz CT molecular complexity index is 169. The van der Waals surface area contributed by atoms with E-state index in [1.165, 1.54) is 38.8 Å². The standard InChI is InChI=1S/C11H21NO/c1-10(2)13-9-11-5-3-7-12(11)8-4-6-11/h10H,3-9H2,1-2H3. The quantitative estimate of drug-likeness (QED) is 0.664. The van der Waals surface area contributed by atoms with Gasteiger partial charge < -0.3 is 4.74 Å². The zero-order valence-corrected chi connectivity index (χ0v) is 8.88. The molecule has 13 heavy (non-hydrogen) atoms. The summed E-state index contributed by atoms with van der Waals surface area (Å²) in [5.41, 5.74) is 0.449. The van der Waals surface area contributed by atoms with Gasteiger partial charge in [0.25, 0.3) is 0 Å². The fourth-order valence-corrected chi connectivity index (χ4v) is 2.78. The average molecular weight is 183 g/mol. The summed E-state index contributed by atoms with van der Waals surface area (Å²) in [7, 11) is 0. The van der Waals surface area contributed by atoms with Gasteiger partial charge in [0.2, 0.25) is 0 Å². The number of fused-ring (bicyclic) bond motifs is 1. The van der Waals surface area contributed by atoms with Gasteiger partial charge in [0.1, 0.15) is 0 Å². The van der Waals surface area contributed by atoms with Crippen LogP contribution in [0.25, 0.3) is 0 Å². The van der Waals surface area contributed by atoms with Gasteiger partial charge in [-0.25, -0.2) is 0 Å². The van der Waals surface area contributed by atoms with Crippen molar-refractivity contribution in [2.75, 3.05) is 19.7 Å². The zero-order valence-electron chi connectivity index (χ0n) is 8.88. The third-order valence-corrected chi connectivity index (χ3v) is 3.50. The first kappa shape index (κ1) is 9.47. The highest BCUT2D eigenvalue weighted by Crippen LogP contribution is 2.38. The third-order valence-electron chi connectivity index (χ3n) is 3.50. The molecule has 0 aromatic heterocycles. The molecule has 2 aliphatic rings. The van der Waals surface area contributed by atoms with Crippen molar-refractivity contribution in [1.82, 2.24) is 4.90 Å². The first-order chi connectivity index (χ1) is 6.23. The van der Waals surface area contributed by atoms with Crippen LogP contribution in [0.15, 0.2) is 0 Å². The van der Waals surface area contributed by atoms with Crippen LogP contribution in [0.2, 0.25) is 0 Å². The summed E-state index contributed by atoms with van der Waals surface area (Å²) >= 11 is 0. The van der Waals surface area contributed by atoms with Crippen molar-refractivity contribution in [1.29, 1.82) is 0 Å². The number of hydrogen-bond donors (Lipinski definition) is 0. The summed E-state index contributed by atoms with van der Waals surface area (Å²) in [6.45, 7) is 7.84. The highest BCUT2D eigenvalue weighted by Gasteiger charge is 2.44. The van der Waals surface area contributed by atoms with Crippen molar-refractivity contribution < 1.29 is 4.74 Å². The largest absolute Gasteiger partial charge is 0.377 e. The number of nitrogens with zero attached hydrogens (tertiary/aromatic N) is 1. The molecule has 2 fully saturated rings. The summed E-state index contributed by atoms with van der Waals surface area (Å²) in [4.78, 5) is 2.65. The molecule has 0 spiro atoms. The van der Waals surface area contributed by atoms with E-state index in [-0.39, 0.29) is 0 Å². The van der Waals surface area contributed by atoms with Crippen LogP contribution < -0.4 is 0 Å². The second kappa shape index (κ2) is 3.58. The summed E-state index contributed by atoms with van der Waals surface area (Å²) in [5, 5.41) is 0. The predicted octanol–water partition coefficient (Wildman–Crippen LogP) is 2.04. The van der Waals surface area contributed by atoms with Gasteiger partial charge in [-0.3, -0.25) is 4.90 Å². The summed E-state index contributed by atoms with van der Waals surface area (Å²) in [5.74, 6) is 0. The van der Waals surface area contributed by atoms with Crippen LogP contribution >= 0.6 is 0 Å². The van der Waals surface area contributed by atoms with Gasteiger partial charge in [0.05, 0.1) is 12.7 Å². The minimum Gasteiger partial charge on any atom is -0.377 e. The van der Waals surface area contributed by atoms with Crippen molar-refractivity contribution in [2.45, 2.75) is 51.2 Å². The topological polar surface area (TPSA) is 12.5 Å². The predicted molar refractivity (Wildman–Crippen MR) is 53.9 cm³/mol. The summed E-state index contributed by atoms with van der Waals surface area (Å²) in [6, 6.07) is 0. The second-order valence-electron chi connectivity index (χ2n) is 4.78. The lowest BCUT2D eigenvalue weighted by molar-refractivity contribution is 0.00312. The van der Waals surface area contributed by atoms with E-state index in [0.717, 1.165) is 6.61 Å². The van der Waals surface area contributed by atoms with Crippen LogP contribution in [0.3, 0.4) is 0 Å². The molecule has 0 N–H and O–H groups in total. The maximum atomic E-state index is 5.79. The Morgan fingerprint density at radius 3 is 2.38 bits per heavy atom. The fourth-order valence-electron chi connectivity index (χ4n) is 2.78. The third kappa shape index (κ3) is 1.75. The van der Waals surface area contributed by atoms with Gasteiger partial charge in [-0.05, 0) is 52.6 Å². The zero-order chi connectivity index (χ0) is 9.31. The Morgan fingerprint density at radius 2 is 1.85 bits per heavy atom. The molecule has 2 nitrogen and oxygen atoms in total. The molecule has 0 aliphatic carbocycles. The lowest BCUT2D eigenvalue weighted by Crippen LogP contribution is -2.43. The van der Waals surface area contributed by atoms with Crippen LogP contribution in [0.5, 0.6) is 0 Å². The van der Waals surface area contributed by atoms with Crippen molar-refractivity contribution in [3.8, 4) is 0 Å². The Balaban J connectivity index is 1.93. The van der Waals surface area contributed by atoms with E-state index in [2.05, 4.69) is 18.7 Å². The van der Waals surface area contributed by atoms with Gasteiger partial charge in [0.15, 0.2) is 0 Å². The van der Waals surface area contributed by atoms with E-state index < -0.39 is 0 Å². The molecule has 0 aromatic rings. The highest BCUT2D eigenvalue weighted by molar-refractivity contribution is 5.00. The van der Waals surface area contributed by atoms with Crippen LogP contribution in [-0.2, 0) is 4.74 Å². The van der Waals surface area contributed by atoms with E-state index in [1.54, 1.807) is 0 Å². The SMILES string of the molecule is CC(C)OCC12CCCN1CCC2. The molecule has 2 aliphatic heterocycles. The number of ether oxygens (including phenoxy) is 1. The van der Waals surface area contributed by atoms with Crippen molar-refractivity contribution in [3.05, 3.63) is 0 Å². The maximum absolute atomic E-state index is 5.79. The first-order valence-electron chi connectivity index (χ1n) is 5.60. The molecular weight excluding hydrogens is 162 g/mol. The van der Waals surface area contributed by atoms with E-state index in [0.29, 0.717) is 11.6 Å². The molecule has 2 heteroatoms. The van der Waals surface area contributed by atoms with Crippen LogP contribution in [0, 0.1) is 0 Å². The molecule has 0 bridgehead atoms. The van der Waals surface area contributed by atoms with Crippen molar-refractivity contribution in [3.63, 3.8) is 0 Å². The molecule has 2 saturated heterocycles. The smallest absolute Gasteiger partial charge is 0.0653 e. The first-order valence-corrected chi connectivity index (χ1v) is 5.60. The van der Waals surface area contributed by atoms with Gasteiger partial charge in [-0.1, -0.05) is 0 Å². The molecule has 0 unspecified atom stereocenters. The Kier molecular flexibility index (Phi) is 2.61. The Morgan fingerprint density at radius 1 is 1.23 bits per heavy atom. The molecule has 0 aromatic carbocycles. The summed E-state index contributed by atoms with van der Waals surface area (Å²) < 4.78 is 5.79. The molecule has 76 valence electrons. The molecule has 0 radical (unpaired) electrons. The fraction of sp³-hybridized carbons (Fsp3) is 1.00. The Hall–Kier alpha value is -0.0800. The molecule has 2 heterocycles. The van der Waals surface area contributed by atoms with Gasteiger partial charge in [0, 0.05) is 5.54 Å². The number of rotatable bonds is 3. The van der Waals surface area contributed by atoms with E-state index >= 15 is 0 Å². The van der Waals surface area contributed by atoms with Crippen LogP contribution in [0.4, 0.5) is 0 Å². The summed E-state index contributed by atoms with van der Waals surface area (Å²) in [6.07, 6.45) is 5.86. The lowest BCUT2D eigenvalue weighted by Gasteiger charge is -2.32. The maximum Gasteiger partial charge on any atom is 0.0653 e. The molecule has 0 saturated carbocycles. The normalized spacial score (nSPS) is 27.0. The highest BCUT2D eigenvalue weighted by atomic mass is 16.5. The molecule has 0 atom stereocenters. The number of hydrogen-bond acceptors (Lipinski definition) is 2. The van der Waals surface area contributed by atoms with Gasteiger partial charge in [-0.2, -0.15) is 0 Å². The van der Waals surface area contributed by atoms with E-state index in [1.807, 2.05) is 0 Å². The monoisotopic (exact) mass is 183 g/mol. The minimum atomic E-state index is 0.387. The van der Waals surface area contributed by atoms with Crippen LogP contribution in [-0.4, -0.2) is 36.2 Å². The van der Waals surface area contributed by atoms with Crippen LogP contribution in [0.1, 0.15) is 39.5 Å². The average Bonchev–Trinajstić information content (AvgIpc) is 2.57. The second-order valence-corrected chi connectivity index (χ2v) is 4.78. The van der Waals surface area contributed by atoms with Crippen molar-refractivity contribution in [2.24, 2.45) is 0 Å². The van der Waals surface area contributed by atoms with E-state index in [4.69, 9.17) is 4.74 Å². The minimum absolute atomic E-state index is 0.387. The van der Waals surface area contributed by atoms with Gasteiger partial charge in [-0.15, -0.1) is 0 Å². The van der Waals surface area contributed by atoms with E-state index in [9.17, 15) is 0 Å². The molecule has 2 rings (SSSR count). The lowest BCUT2D eigenvalue weighted by atomic mass is 9.95. The molecular formula is C11H21NO.